The van der Waals surface area contributed by atoms with Crippen molar-refractivity contribution in [1.82, 2.24) is 20.2 Å². The van der Waals surface area contributed by atoms with E-state index in [-0.39, 0.29) is 6.79 Å². The molecule has 24 heavy (non-hydrogen) atoms. The molecule has 0 saturated heterocycles. The number of hydrogen-bond donors (Lipinski definition) is 1. The number of allylic oxidation sites excluding steroid dienone is 1. The lowest BCUT2D eigenvalue weighted by Crippen LogP contribution is -2.29. The van der Waals surface area contributed by atoms with E-state index in [1.54, 1.807) is 19.1 Å². The van der Waals surface area contributed by atoms with Crippen LogP contribution in [0.4, 0.5) is 5.95 Å². The van der Waals surface area contributed by atoms with Crippen LogP contribution in [0.15, 0.2) is 23.4 Å². The van der Waals surface area contributed by atoms with Crippen molar-refractivity contribution in [3.8, 4) is 11.5 Å². The Bertz CT molecular complexity index is 878. The van der Waals surface area contributed by atoms with Gasteiger partial charge in [-0.2, -0.15) is 4.68 Å². The summed E-state index contributed by atoms with van der Waals surface area (Å²) in [7, 11) is 1.32. The zero-order chi connectivity index (χ0) is 16.8. The molecule has 0 spiro atoms. The lowest BCUT2D eigenvalue weighted by molar-refractivity contribution is -0.136. The first-order valence-electron chi connectivity index (χ1n) is 7.03. The molecule has 1 aromatic carbocycles. The Morgan fingerprint density at radius 1 is 1.42 bits per heavy atom. The number of tetrazole rings is 1. The lowest BCUT2D eigenvalue weighted by Gasteiger charge is -2.27. The molecule has 3 heterocycles. The van der Waals surface area contributed by atoms with Gasteiger partial charge in [-0.25, -0.2) is 4.79 Å². The standard InChI is InChI=1S/C14H12ClN5O4/c1-6-11(13(21)22-2)12(20-14(16-6)17-18-19-20)7-3-9-10(4-8(7)15)24-5-23-9/h3-4,12H,5H2,1-2H3,(H,16,17,19)/t12-/m0/s1. The quantitative estimate of drug-likeness (QED) is 0.814. The van der Waals surface area contributed by atoms with Gasteiger partial charge in [0.15, 0.2) is 11.5 Å². The Balaban J connectivity index is 1.93. The van der Waals surface area contributed by atoms with Crippen LogP contribution in [0.1, 0.15) is 18.5 Å². The summed E-state index contributed by atoms with van der Waals surface area (Å²) in [6.45, 7) is 1.87. The Kier molecular flexibility index (Phi) is 3.31. The highest BCUT2D eigenvalue weighted by molar-refractivity contribution is 6.31. The topological polar surface area (TPSA) is 100 Å². The van der Waals surface area contributed by atoms with Gasteiger partial charge in [0.25, 0.3) is 0 Å². The average molecular weight is 350 g/mol. The summed E-state index contributed by atoms with van der Waals surface area (Å²) < 4.78 is 17.1. The van der Waals surface area contributed by atoms with E-state index in [2.05, 4.69) is 20.8 Å². The van der Waals surface area contributed by atoms with Crippen molar-refractivity contribution in [1.29, 1.82) is 0 Å². The van der Waals surface area contributed by atoms with E-state index in [1.165, 1.54) is 11.8 Å². The number of halogens is 1. The van der Waals surface area contributed by atoms with Crippen molar-refractivity contribution in [2.24, 2.45) is 0 Å². The van der Waals surface area contributed by atoms with Crippen molar-refractivity contribution in [2.45, 2.75) is 13.0 Å². The average Bonchev–Trinajstić information content (AvgIpc) is 3.20. The SMILES string of the molecule is COC(=O)C1=C(C)Nc2nnnn2[C@H]1c1cc2c(cc1Cl)OCO2. The van der Waals surface area contributed by atoms with Gasteiger partial charge in [0.2, 0.25) is 12.7 Å². The third-order valence-corrected chi connectivity index (χ3v) is 4.23. The number of nitrogens with one attached hydrogen (secondary N) is 1. The van der Waals surface area contributed by atoms with Crippen LogP contribution in [-0.4, -0.2) is 40.1 Å². The van der Waals surface area contributed by atoms with Gasteiger partial charge in [0.05, 0.1) is 17.7 Å². The monoisotopic (exact) mass is 349 g/mol. The molecular weight excluding hydrogens is 338 g/mol. The minimum Gasteiger partial charge on any atom is -0.466 e. The largest absolute Gasteiger partial charge is 0.466 e. The smallest absolute Gasteiger partial charge is 0.338 e. The van der Waals surface area contributed by atoms with Gasteiger partial charge < -0.3 is 19.5 Å². The van der Waals surface area contributed by atoms with Gasteiger partial charge in [-0.3, -0.25) is 0 Å². The lowest BCUT2D eigenvalue weighted by atomic mass is 9.95. The van der Waals surface area contributed by atoms with Crippen LogP contribution in [0.25, 0.3) is 0 Å². The van der Waals surface area contributed by atoms with E-state index in [9.17, 15) is 4.79 Å². The highest BCUT2D eigenvalue weighted by atomic mass is 35.5. The van der Waals surface area contributed by atoms with Crippen molar-refractivity contribution < 1.29 is 19.0 Å². The predicted octanol–water partition coefficient (Wildman–Crippen LogP) is 1.52. The first kappa shape index (κ1) is 14.8. The fourth-order valence-corrected chi connectivity index (χ4v) is 3.07. The Labute approximate surface area is 141 Å². The molecule has 9 nitrogen and oxygen atoms in total. The van der Waals surface area contributed by atoms with Gasteiger partial charge in [-0.1, -0.05) is 16.7 Å². The molecule has 4 rings (SSSR count). The number of benzene rings is 1. The molecule has 0 radical (unpaired) electrons. The maximum absolute atomic E-state index is 12.3. The molecule has 2 aliphatic heterocycles. The minimum absolute atomic E-state index is 0.121. The summed E-state index contributed by atoms with van der Waals surface area (Å²) in [6.07, 6.45) is 0. The number of esters is 1. The Morgan fingerprint density at radius 2 is 2.17 bits per heavy atom. The molecule has 1 atom stereocenters. The molecule has 124 valence electrons. The molecular formula is C14H12ClN5O4. The molecule has 0 amide bonds. The van der Waals surface area contributed by atoms with Gasteiger partial charge in [0.1, 0.15) is 6.04 Å². The second kappa shape index (κ2) is 5.38. The van der Waals surface area contributed by atoms with Crippen molar-refractivity contribution in [3.05, 3.63) is 34.0 Å². The second-order valence-corrected chi connectivity index (χ2v) is 5.64. The van der Waals surface area contributed by atoms with Crippen LogP contribution in [0.5, 0.6) is 11.5 Å². The number of rotatable bonds is 2. The highest BCUT2D eigenvalue weighted by Crippen LogP contribution is 2.43. The molecule has 1 N–H and O–H groups in total. The van der Waals surface area contributed by atoms with E-state index < -0.39 is 12.0 Å². The maximum atomic E-state index is 12.3. The first-order chi connectivity index (χ1) is 11.6. The van der Waals surface area contributed by atoms with E-state index in [1.807, 2.05) is 0 Å². The number of carbonyl (C=O) groups excluding carboxylic acids is 1. The number of anilines is 1. The molecule has 2 aromatic rings. The molecule has 0 unspecified atom stereocenters. The molecule has 0 saturated carbocycles. The number of methoxy groups -OCH3 is 1. The number of nitrogens with zero attached hydrogens (tertiary/aromatic N) is 4. The second-order valence-electron chi connectivity index (χ2n) is 5.23. The molecule has 0 fully saturated rings. The maximum Gasteiger partial charge on any atom is 0.338 e. The van der Waals surface area contributed by atoms with Crippen molar-refractivity contribution in [3.63, 3.8) is 0 Å². The third-order valence-electron chi connectivity index (χ3n) is 3.91. The van der Waals surface area contributed by atoms with Crippen LogP contribution in [-0.2, 0) is 9.53 Å². The predicted molar refractivity (Wildman–Crippen MR) is 81.9 cm³/mol. The molecule has 1 aromatic heterocycles. The summed E-state index contributed by atoms with van der Waals surface area (Å²) in [5, 5.41) is 14.9. The van der Waals surface area contributed by atoms with Crippen LogP contribution < -0.4 is 14.8 Å². The summed E-state index contributed by atoms with van der Waals surface area (Å²) in [5.74, 6) is 0.998. The van der Waals surface area contributed by atoms with Crippen LogP contribution in [0, 0.1) is 0 Å². The number of hydrogen-bond acceptors (Lipinski definition) is 8. The van der Waals surface area contributed by atoms with E-state index >= 15 is 0 Å². The molecule has 0 bridgehead atoms. The van der Waals surface area contributed by atoms with E-state index in [0.29, 0.717) is 39.3 Å². The fourth-order valence-electron chi connectivity index (χ4n) is 2.82. The first-order valence-corrected chi connectivity index (χ1v) is 7.41. The zero-order valence-corrected chi connectivity index (χ0v) is 13.5. The van der Waals surface area contributed by atoms with Gasteiger partial charge >= 0.3 is 5.97 Å². The van der Waals surface area contributed by atoms with Crippen LogP contribution in [0.3, 0.4) is 0 Å². The van der Waals surface area contributed by atoms with Crippen LogP contribution >= 0.6 is 11.6 Å². The summed E-state index contributed by atoms with van der Waals surface area (Å²) in [5.41, 5.74) is 1.55. The zero-order valence-electron chi connectivity index (χ0n) is 12.7. The molecule has 10 heteroatoms. The Morgan fingerprint density at radius 3 is 2.92 bits per heavy atom. The summed E-state index contributed by atoms with van der Waals surface area (Å²) in [6, 6.07) is 2.73. The van der Waals surface area contributed by atoms with Crippen LogP contribution in [0.2, 0.25) is 5.02 Å². The third kappa shape index (κ3) is 2.08. The van der Waals surface area contributed by atoms with Gasteiger partial charge in [-0.15, -0.1) is 0 Å². The highest BCUT2D eigenvalue weighted by Gasteiger charge is 2.36. The molecule has 2 aliphatic rings. The summed E-state index contributed by atoms with van der Waals surface area (Å²) >= 11 is 6.42. The van der Waals surface area contributed by atoms with Crippen molar-refractivity contribution in [2.75, 3.05) is 19.2 Å². The van der Waals surface area contributed by atoms with Gasteiger partial charge in [0, 0.05) is 17.3 Å². The normalized spacial score (nSPS) is 18.2. The fraction of sp³-hybridized carbons (Fsp3) is 0.286. The van der Waals surface area contributed by atoms with Gasteiger partial charge in [-0.05, 0) is 23.4 Å². The Hall–Kier alpha value is -2.81. The number of aromatic nitrogens is 4. The number of carbonyl (C=O) groups is 1. The van der Waals surface area contributed by atoms with Crippen molar-refractivity contribution >= 4 is 23.5 Å². The van der Waals surface area contributed by atoms with E-state index in [0.717, 1.165) is 0 Å². The molecule has 0 aliphatic carbocycles. The van der Waals surface area contributed by atoms with E-state index in [4.69, 9.17) is 25.8 Å². The summed E-state index contributed by atoms with van der Waals surface area (Å²) in [4.78, 5) is 12.3. The minimum atomic E-state index is -0.648. The number of fused-ring (bicyclic) bond motifs is 2. The number of ether oxygens (including phenoxy) is 3.